The van der Waals surface area contributed by atoms with E-state index in [1.165, 1.54) is 12.1 Å². The summed E-state index contributed by atoms with van der Waals surface area (Å²) < 4.78 is 22.5. The fraction of sp³-hybridized carbons (Fsp3) is 0.417. The molecule has 1 fully saturated rings. The lowest BCUT2D eigenvalue weighted by atomic mass is 10.1. The van der Waals surface area contributed by atoms with E-state index in [1.807, 2.05) is 0 Å². The van der Waals surface area contributed by atoms with Gasteiger partial charge in [0.25, 0.3) is 5.91 Å². The van der Waals surface area contributed by atoms with Crippen LogP contribution in [-0.2, 0) is 9.84 Å². The highest BCUT2D eigenvalue weighted by Gasteiger charge is 2.28. The van der Waals surface area contributed by atoms with E-state index in [-0.39, 0.29) is 41.0 Å². The highest BCUT2D eigenvalue weighted by atomic mass is 32.2. The molecule has 1 atom stereocenters. The average Bonchev–Trinajstić information content (AvgIpc) is 2.69. The molecule has 19 heavy (non-hydrogen) atoms. The number of rotatable bonds is 3. The smallest absolute Gasteiger partial charge is 0.255 e. The third kappa shape index (κ3) is 3.37. The monoisotopic (exact) mass is 285 g/mol. The van der Waals surface area contributed by atoms with Crippen molar-refractivity contribution in [2.45, 2.75) is 6.42 Å². The number of carbonyl (C=O) groups excluding carboxylic acids is 1. The van der Waals surface area contributed by atoms with Crippen molar-refractivity contribution in [1.29, 1.82) is 0 Å². The maximum absolute atomic E-state index is 11.8. The highest BCUT2D eigenvalue weighted by molar-refractivity contribution is 7.91. The maximum atomic E-state index is 11.8. The highest BCUT2D eigenvalue weighted by Crippen LogP contribution is 2.22. The number of phenols is 2. The Bertz CT molecular complexity index is 596. The van der Waals surface area contributed by atoms with Crippen LogP contribution in [0.2, 0.25) is 0 Å². The van der Waals surface area contributed by atoms with Crippen molar-refractivity contribution in [3.05, 3.63) is 23.8 Å². The lowest BCUT2D eigenvalue weighted by molar-refractivity contribution is 0.0945. The van der Waals surface area contributed by atoms with Gasteiger partial charge in [0, 0.05) is 6.54 Å². The quantitative estimate of drug-likeness (QED) is 0.691. The predicted molar refractivity (Wildman–Crippen MR) is 68.9 cm³/mol. The summed E-state index contributed by atoms with van der Waals surface area (Å²) in [7, 11) is -2.96. The Kier molecular flexibility index (Phi) is 3.66. The Hall–Kier alpha value is -1.76. The third-order valence-corrected chi connectivity index (χ3v) is 4.94. The number of carbonyl (C=O) groups is 1. The summed E-state index contributed by atoms with van der Waals surface area (Å²) in [5.41, 5.74) is -0.0270. The molecule has 1 amide bonds. The van der Waals surface area contributed by atoms with Crippen LogP contribution >= 0.6 is 0 Å². The first kappa shape index (κ1) is 13.7. The van der Waals surface area contributed by atoms with Crippen molar-refractivity contribution < 1.29 is 23.4 Å². The van der Waals surface area contributed by atoms with Gasteiger partial charge in [0.2, 0.25) is 0 Å². The minimum atomic E-state index is -2.96. The van der Waals surface area contributed by atoms with E-state index in [9.17, 15) is 23.4 Å². The maximum Gasteiger partial charge on any atom is 0.255 e. The van der Waals surface area contributed by atoms with Gasteiger partial charge in [0.1, 0.15) is 11.5 Å². The largest absolute Gasteiger partial charge is 0.508 e. The van der Waals surface area contributed by atoms with Gasteiger partial charge < -0.3 is 15.5 Å². The molecule has 0 saturated carbocycles. The Balaban J connectivity index is 1.97. The normalized spacial score (nSPS) is 21.2. The predicted octanol–water partition coefficient (Wildman–Crippen LogP) is 0.262. The van der Waals surface area contributed by atoms with Crippen molar-refractivity contribution >= 4 is 15.7 Å². The molecule has 0 aliphatic carbocycles. The first-order valence-corrected chi connectivity index (χ1v) is 7.70. The lowest BCUT2D eigenvalue weighted by Gasteiger charge is -2.10. The molecular formula is C12H15NO5S. The fourth-order valence-electron chi connectivity index (χ4n) is 2.07. The molecule has 1 aliphatic heterocycles. The van der Waals surface area contributed by atoms with Crippen LogP contribution in [0.15, 0.2) is 18.2 Å². The molecule has 1 unspecified atom stereocenters. The van der Waals surface area contributed by atoms with Crippen molar-refractivity contribution in [2.75, 3.05) is 18.1 Å². The Labute approximate surface area is 111 Å². The molecule has 1 heterocycles. The number of aromatic hydroxyl groups is 2. The van der Waals surface area contributed by atoms with E-state index in [0.29, 0.717) is 6.42 Å². The standard InChI is InChI=1S/C12H15NO5S/c14-9-1-2-11(15)10(5-9)12(16)13-6-8-3-4-19(17,18)7-8/h1-2,5,8,14-15H,3-4,6-7H2,(H,13,16). The van der Waals surface area contributed by atoms with Gasteiger partial charge >= 0.3 is 0 Å². The summed E-state index contributed by atoms with van der Waals surface area (Å²) in [6.07, 6.45) is 0.536. The zero-order chi connectivity index (χ0) is 14.0. The average molecular weight is 285 g/mol. The van der Waals surface area contributed by atoms with Crippen LogP contribution in [0.1, 0.15) is 16.8 Å². The van der Waals surface area contributed by atoms with Gasteiger partial charge in [-0.25, -0.2) is 8.42 Å². The minimum absolute atomic E-state index is 0.0270. The van der Waals surface area contributed by atoms with Crippen LogP contribution in [0.5, 0.6) is 11.5 Å². The van der Waals surface area contributed by atoms with Gasteiger partial charge in [-0.05, 0) is 30.5 Å². The van der Waals surface area contributed by atoms with E-state index in [0.717, 1.165) is 6.07 Å². The molecule has 0 radical (unpaired) electrons. The van der Waals surface area contributed by atoms with Crippen LogP contribution in [0.4, 0.5) is 0 Å². The van der Waals surface area contributed by atoms with Crippen molar-refractivity contribution in [2.24, 2.45) is 5.92 Å². The molecule has 1 saturated heterocycles. The fourth-order valence-corrected chi connectivity index (χ4v) is 3.93. The Morgan fingerprint density at radius 2 is 2.11 bits per heavy atom. The summed E-state index contributed by atoms with van der Waals surface area (Å²) in [6, 6.07) is 3.66. The molecule has 3 N–H and O–H groups in total. The molecule has 6 nitrogen and oxygen atoms in total. The van der Waals surface area contributed by atoms with Crippen LogP contribution in [0.3, 0.4) is 0 Å². The van der Waals surface area contributed by atoms with E-state index in [2.05, 4.69) is 5.32 Å². The number of hydrogen-bond acceptors (Lipinski definition) is 5. The molecule has 1 aliphatic rings. The second-order valence-electron chi connectivity index (χ2n) is 4.68. The van der Waals surface area contributed by atoms with Crippen molar-refractivity contribution in [3.63, 3.8) is 0 Å². The summed E-state index contributed by atoms with van der Waals surface area (Å²) in [4.78, 5) is 11.8. The summed E-state index contributed by atoms with van der Waals surface area (Å²) >= 11 is 0. The Morgan fingerprint density at radius 1 is 1.37 bits per heavy atom. The molecule has 2 rings (SSSR count). The third-order valence-electron chi connectivity index (χ3n) is 3.10. The molecule has 0 spiro atoms. The van der Waals surface area contributed by atoms with Gasteiger partial charge in [-0.3, -0.25) is 4.79 Å². The number of amides is 1. The van der Waals surface area contributed by atoms with Gasteiger partial charge in [-0.1, -0.05) is 0 Å². The van der Waals surface area contributed by atoms with E-state index in [1.54, 1.807) is 0 Å². The zero-order valence-electron chi connectivity index (χ0n) is 10.2. The molecular weight excluding hydrogens is 270 g/mol. The van der Waals surface area contributed by atoms with Gasteiger partial charge in [-0.2, -0.15) is 0 Å². The second-order valence-corrected chi connectivity index (χ2v) is 6.91. The number of nitrogens with one attached hydrogen (secondary N) is 1. The molecule has 0 bridgehead atoms. The number of sulfone groups is 1. The molecule has 0 aromatic heterocycles. The number of hydrogen-bond donors (Lipinski definition) is 3. The zero-order valence-corrected chi connectivity index (χ0v) is 11.0. The van der Waals surface area contributed by atoms with Crippen LogP contribution < -0.4 is 5.32 Å². The summed E-state index contributed by atoms with van der Waals surface area (Å²) in [6.45, 7) is 0.243. The van der Waals surface area contributed by atoms with Gasteiger partial charge in [0.05, 0.1) is 17.1 Å². The molecule has 1 aromatic carbocycles. The van der Waals surface area contributed by atoms with E-state index >= 15 is 0 Å². The number of phenolic OH excluding ortho intramolecular Hbond substituents is 2. The second kappa shape index (κ2) is 5.08. The van der Waals surface area contributed by atoms with Crippen LogP contribution in [0.25, 0.3) is 0 Å². The van der Waals surface area contributed by atoms with E-state index < -0.39 is 15.7 Å². The minimum Gasteiger partial charge on any atom is -0.508 e. The molecule has 1 aromatic rings. The number of benzene rings is 1. The topological polar surface area (TPSA) is 104 Å². The summed E-state index contributed by atoms with van der Waals surface area (Å²) in [5, 5.41) is 21.3. The van der Waals surface area contributed by atoms with Crippen LogP contribution in [-0.4, -0.2) is 42.6 Å². The summed E-state index contributed by atoms with van der Waals surface area (Å²) in [5.74, 6) is -0.726. The van der Waals surface area contributed by atoms with Crippen molar-refractivity contribution in [3.8, 4) is 11.5 Å². The Morgan fingerprint density at radius 3 is 2.74 bits per heavy atom. The van der Waals surface area contributed by atoms with Gasteiger partial charge in [0.15, 0.2) is 9.84 Å². The van der Waals surface area contributed by atoms with Crippen molar-refractivity contribution in [1.82, 2.24) is 5.32 Å². The van der Waals surface area contributed by atoms with Crippen LogP contribution in [0, 0.1) is 5.92 Å². The SMILES string of the molecule is O=C(NCC1CCS(=O)(=O)C1)c1cc(O)ccc1O. The van der Waals surface area contributed by atoms with Gasteiger partial charge in [-0.15, -0.1) is 0 Å². The molecule has 104 valence electrons. The molecule has 7 heteroatoms. The van der Waals surface area contributed by atoms with E-state index in [4.69, 9.17) is 0 Å². The first-order valence-electron chi connectivity index (χ1n) is 5.88. The first-order chi connectivity index (χ1) is 8.87. The lowest BCUT2D eigenvalue weighted by Crippen LogP contribution is -2.29.